The van der Waals surface area contributed by atoms with Crippen LogP contribution in [0, 0.1) is 19.8 Å². The number of carbonyl (C=O) groups is 2. The third kappa shape index (κ3) is 10.1. The number of aromatic nitrogens is 3. The number of nitrogens with zero attached hydrogens (tertiary/aromatic N) is 3. The number of hydrogen-bond donors (Lipinski definition) is 4. The minimum absolute atomic E-state index is 0.0807. The number of benzene rings is 1. The van der Waals surface area contributed by atoms with Crippen molar-refractivity contribution in [2.24, 2.45) is 5.92 Å². The van der Waals surface area contributed by atoms with Gasteiger partial charge in [-0.05, 0) is 77.0 Å². The highest BCUT2D eigenvalue weighted by Crippen LogP contribution is 2.28. The van der Waals surface area contributed by atoms with E-state index in [4.69, 9.17) is 0 Å². The number of amides is 2. The van der Waals surface area contributed by atoms with Crippen molar-refractivity contribution in [2.75, 3.05) is 23.7 Å². The Morgan fingerprint density at radius 1 is 0.886 bits per heavy atom. The maximum absolute atomic E-state index is 13.1. The highest BCUT2D eigenvalue weighted by molar-refractivity contribution is 6.00. The second-order valence-electron chi connectivity index (χ2n) is 12.5. The summed E-state index contributed by atoms with van der Waals surface area (Å²) >= 11 is 0. The number of unbranched alkanes of at least 4 members (excludes halogenated alkanes) is 5. The molecular formula is C35H51N7O2. The molecule has 1 saturated carbocycles. The largest absolute Gasteiger partial charge is 0.356 e. The van der Waals surface area contributed by atoms with Gasteiger partial charge in [-0.1, -0.05) is 50.7 Å². The minimum Gasteiger partial charge on any atom is -0.356 e. The molecule has 238 valence electrons. The Bertz CT molecular complexity index is 1360. The van der Waals surface area contributed by atoms with Crippen molar-refractivity contribution in [3.8, 4) is 0 Å². The van der Waals surface area contributed by atoms with Gasteiger partial charge in [0, 0.05) is 49.6 Å². The van der Waals surface area contributed by atoms with Crippen LogP contribution in [0.5, 0.6) is 0 Å². The van der Waals surface area contributed by atoms with E-state index >= 15 is 0 Å². The molecule has 1 fully saturated rings. The quantitative estimate of drug-likeness (QED) is 0.118. The maximum atomic E-state index is 13.1. The fourth-order valence-corrected chi connectivity index (χ4v) is 5.83. The normalized spacial score (nSPS) is 13.3. The first kappa shape index (κ1) is 33.0. The minimum atomic E-state index is -0.0807. The Kier molecular flexibility index (Phi) is 12.6. The first-order chi connectivity index (χ1) is 21.3. The molecule has 1 aliphatic carbocycles. The van der Waals surface area contributed by atoms with Gasteiger partial charge in [-0.15, -0.1) is 0 Å². The van der Waals surface area contributed by atoms with Gasteiger partial charge in [-0.3, -0.25) is 9.59 Å². The fraction of sp³-hybridized carbons (Fsp3) is 0.543. The predicted molar refractivity (Wildman–Crippen MR) is 179 cm³/mol. The summed E-state index contributed by atoms with van der Waals surface area (Å²) in [6.07, 6.45) is 14.0. The standard InChI is InChI=1S/C35H51N7O2/c1-25(2)42-33(21-27(4)41-42)40-32-23-31(26(3)24-38-32)39-30-18-12-11-17-29(30)35(44)37-20-14-8-6-5-7-13-19-36-34(43)22-28-15-9-10-16-28/h11-12,17-18,21,23-25,28H,5-10,13-16,19-20,22H2,1-4H3,(H,36,43)(H,37,44)(H2,38,39,40). The number of carbonyl (C=O) groups excluding carboxylic acids is 2. The van der Waals surface area contributed by atoms with Gasteiger partial charge in [0.15, 0.2) is 0 Å². The van der Waals surface area contributed by atoms with Gasteiger partial charge < -0.3 is 21.3 Å². The third-order valence-electron chi connectivity index (χ3n) is 8.31. The van der Waals surface area contributed by atoms with E-state index in [1.807, 2.05) is 61.1 Å². The number of para-hydroxylation sites is 1. The Morgan fingerprint density at radius 3 is 2.30 bits per heavy atom. The average Bonchev–Trinajstić information content (AvgIpc) is 3.65. The Hall–Kier alpha value is -3.88. The van der Waals surface area contributed by atoms with Crippen LogP contribution in [0.15, 0.2) is 42.6 Å². The zero-order valence-corrected chi connectivity index (χ0v) is 27.0. The molecule has 3 aromatic rings. The highest BCUT2D eigenvalue weighted by atomic mass is 16.2. The van der Waals surface area contributed by atoms with Gasteiger partial charge in [0.1, 0.15) is 11.6 Å². The van der Waals surface area contributed by atoms with Crippen LogP contribution in [0.25, 0.3) is 0 Å². The molecule has 0 radical (unpaired) electrons. The van der Waals surface area contributed by atoms with Crippen LogP contribution < -0.4 is 21.3 Å². The molecule has 1 aromatic carbocycles. The molecule has 0 spiro atoms. The van der Waals surface area contributed by atoms with Crippen molar-refractivity contribution in [1.29, 1.82) is 0 Å². The Morgan fingerprint density at radius 2 is 1.57 bits per heavy atom. The number of anilines is 4. The predicted octanol–water partition coefficient (Wildman–Crippen LogP) is 7.73. The van der Waals surface area contributed by atoms with Crippen LogP contribution in [-0.2, 0) is 4.79 Å². The van der Waals surface area contributed by atoms with E-state index < -0.39 is 0 Å². The Balaban J connectivity index is 1.18. The molecule has 2 aromatic heterocycles. The van der Waals surface area contributed by atoms with Crippen molar-refractivity contribution < 1.29 is 9.59 Å². The first-order valence-electron chi connectivity index (χ1n) is 16.5. The lowest BCUT2D eigenvalue weighted by Crippen LogP contribution is -2.26. The molecule has 44 heavy (non-hydrogen) atoms. The molecule has 0 saturated heterocycles. The van der Waals surface area contributed by atoms with E-state index in [-0.39, 0.29) is 17.9 Å². The van der Waals surface area contributed by atoms with E-state index in [0.29, 0.717) is 30.3 Å². The molecule has 9 heteroatoms. The molecule has 9 nitrogen and oxygen atoms in total. The molecule has 0 unspecified atom stereocenters. The summed E-state index contributed by atoms with van der Waals surface area (Å²) in [6, 6.07) is 11.8. The molecule has 4 N–H and O–H groups in total. The van der Waals surface area contributed by atoms with Crippen molar-refractivity contribution in [2.45, 2.75) is 104 Å². The van der Waals surface area contributed by atoms with Crippen LogP contribution in [0.1, 0.15) is 112 Å². The van der Waals surface area contributed by atoms with E-state index in [1.54, 1.807) is 0 Å². The van der Waals surface area contributed by atoms with Gasteiger partial charge in [-0.25, -0.2) is 9.67 Å². The second-order valence-corrected chi connectivity index (χ2v) is 12.5. The summed E-state index contributed by atoms with van der Waals surface area (Å²) < 4.78 is 1.95. The average molecular weight is 602 g/mol. The molecule has 0 atom stereocenters. The van der Waals surface area contributed by atoms with Crippen LogP contribution in [0.2, 0.25) is 0 Å². The molecule has 0 bridgehead atoms. The number of pyridine rings is 1. The van der Waals surface area contributed by atoms with E-state index in [1.165, 1.54) is 25.7 Å². The highest BCUT2D eigenvalue weighted by Gasteiger charge is 2.18. The molecule has 2 heterocycles. The van der Waals surface area contributed by atoms with Gasteiger partial charge in [0.2, 0.25) is 5.91 Å². The smallest absolute Gasteiger partial charge is 0.253 e. The van der Waals surface area contributed by atoms with Crippen LogP contribution in [0.4, 0.5) is 23.0 Å². The zero-order valence-electron chi connectivity index (χ0n) is 27.0. The van der Waals surface area contributed by atoms with Gasteiger partial charge in [0.25, 0.3) is 5.91 Å². The lowest BCUT2D eigenvalue weighted by atomic mass is 10.0. The fourth-order valence-electron chi connectivity index (χ4n) is 5.83. The summed E-state index contributed by atoms with van der Waals surface area (Å²) in [5.74, 6) is 2.34. The number of aryl methyl sites for hydroxylation is 2. The number of rotatable bonds is 17. The van der Waals surface area contributed by atoms with Crippen LogP contribution >= 0.6 is 0 Å². The second kappa shape index (κ2) is 16.8. The summed E-state index contributed by atoms with van der Waals surface area (Å²) in [7, 11) is 0. The van der Waals surface area contributed by atoms with Crippen molar-refractivity contribution in [1.82, 2.24) is 25.4 Å². The van der Waals surface area contributed by atoms with Crippen LogP contribution in [0.3, 0.4) is 0 Å². The van der Waals surface area contributed by atoms with E-state index in [0.717, 1.165) is 73.5 Å². The zero-order chi connectivity index (χ0) is 31.3. The van der Waals surface area contributed by atoms with Crippen molar-refractivity contribution in [3.05, 3.63) is 59.4 Å². The third-order valence-corrected chi connectivity index (χ3v) is 8.31. The van der Waals surface area contributed by atoms with Crippen LogP contribution in [-0.4, -0.2) is 39.7 Å². The molecule has 4 rings (SSSR count). The van der Waals surface area contributed by atoms with Gasteiger partial charge in [-0.2, -0.15) is 5.10 Å². The topological polar surface area (TPSA) is 113 Å². The van der Waals surface area contributed by atoms with E-state index in [9.17, 15) is 9.59 Å². The molecular weight excluding hydrogens is 550 g/mol. The number of nitrogens with one attached hydrogen (secondary N) is 4. The summed E-state index contributed by atoms with van der Waals surface area (Å²) in [5, 5.41) is 17.6. The lowest BCUT2D eigenvalue weighted by molar-refractivity contribution is -0.121. The molecule has 0 aliphatic heterocycles. The summed E-state index contributed by atoms with van der Waals surface area (Å²) in [6.45, 7) is 9.60. The molecule has 2 amide bonds. The molecule has 1 aliphatic rings. The van der Waals surface area contributed by atoms with Gasteiger partial charge in [0.05, 0.1) is 16.9 Å². The Labute approximate surface area is 263 Å². The van der Waals surface area contributed by atoms with E-state index in [2.05, 4.69) is 45.2 Å². The summed E-state index contributed by atoms with van der Waals surface area (Å²) in [4.78, 5) is 29.7. The van der Waals surface area contributed by atoms with Crippen molar-refractivity contribution in [3.63, 3.8) is 0 Å². The monoisotopic (exact) mass is 601 g/mol. The summed E-state index contributed by atoms with van der Waals surface area (Å²) in [5.41, 5.74) is 4.16. The van der Waals surface area contributed by atoms with Crippen molar-refractivity contribution >= 4 is 34.8 Å². The number of hydrogen-bond acceptors (Lipinski definition) is 6. The SMILES string of the molecule is Cc1cc(Nc2cc(Nc3ccccc3C(=O)NCCCCCCCCNC(=O)CC3CCCC3)c(C)cn2)n(C(C)C)n1. The lowest BCUT2D eigenvalue weighted by Gasteiger charge is -2.16. The maximum Gasteiger partial charge on any atom is 0.253 e. The first-order valence-corrected chi connectivity index (χ1v) is 16.5. The van der Waals surface area contributed by atoms with Gasteiger partial charge >= 0.3 is 0 Å².